The third kappa shape index (κ3) is 3.43. The van der Waals surface area contributed by atoms with Gasteiger partial charge in [0.05, 0.1) is 0 Å². The number of nitrogen functional groups attached to an aromatic ring is 1. The molecular weight excluding hydrogens is 363 g/mol. The van der Waals surface area contributed by atoms with Gasteiger partial charge in [-0.05, 0) is 61.1 Å². The van der Waals surface area contributed by atoms with E-state index < -0.39 is 0 Å². The highest BCUT2D eigenvalue weighted by Crippen LogP contribution is 2.33. The molecule has 3 N–H and O–H groups in total. The molecule has 0 fully saturated rings. The van der Waals surface area contributed by atoms with Crippen molar-refractivity contribution >= 4 is 57.3 Å². The molecule has 0 spiro atoms. The fraction of sp³-hybridized carbons (Fsp3) is 0.294. The van der Waals surface area contributed by atoms with Gasteiger partial charge in [0, 0.05) is 24.0 Å². The van der Waals surface area contributed by atoms with Gasteiger partial charge in [0.15, 0.2) is 5.13 Å². The normalized spacial score (nSPS) is 13.2. The van der Waals surface area contributed by atoms with Gasteiger partial charge in [-0.2, -0.15) is 0 Å². The molecule has 128 valence electrons. The van der Waals surface area contributed by atoms with E-state index in [2.05, 4.69) is 40.4 Å². The van der Waals surface area contributed by atoms with E-state index in [-0.39, 0.29) is 24.8 Å². The molecule has 3 heterocycles. The summed E-state index contributed by atoms with van der Waals surface area (Å²) in [5.74, 6) is 0. The molecule has 0 saturated carbocycles. The molecule has 0 radical (unpaired) electrons. The Balaban J connectivity index is 0.00000104. The van der Waals surface area contributed by atoms with Crippen molar-refractivity contribution in [1.29, 1.82) is 0 Å². The van der Waals surface area contributed by atoms with E-state index in [4.69, 9.17) is 5.73 Å². The maximum atomic E-state index is 5.77. The van der Waals surface area contributed by atoms with Crippen molar-refractivity contribution in [3.05, 3.63) is 35.5 Å². The predicted octanol–water partition coefficient (Wildman–Crippen LogP) is 4.84. The van der Waals surface area contributed by atoms with E-state index in [0.717, 1.165) is 28.9 Å². The number of hydrogen-bond acceptors (Lipinski definition) is 5. The molecule has 1 aromatic carbocycles. The second-order valence-electron chi connectivity index (χ2n) is 5.81. The number of benzene rings is 1. The van der Waals surface area contributed by atoms with Crippen molar-refractivity contribution in [3.8, 4) is 11.1 Å². The number of aromatic nitrogens is 2. The fourth-order valence-electron chi connectivity index (χ4n) is 3.13. The minimum atomic E-state index is 0. The van der Waals surface area contributed by atoms with Crippen LogP contribution < -0.4 is 11.1 Å². The summed E-state index contributed by atoms with van der Waals surface area (Å²) in [5, 5.41) is 4.13. The van der Waals surface area contributed by atoms with Gasteiger partial charge in [0.2, 0.25) is 0 Å². The highest BCUT2D eigenvalue weighted by molar-refractivity contribution is 7.21. The lowest BCUT2D eigenvalue weighted by Crippen LogP contribution is -2.02. The number of anilines is 2. The van der Waals surface area contributed by atoms with Gasteiger partial charge in [-0.3, -0.25) is 0 Å². The van der Waals surface area contributed by atoms with Crippen LogP contribution in [0.25, 0.3) is 21.5 Å². The SMILES string of the molecule is Cc1cc(-c2cnc3sc(N)nc3c2)cc2c1NCCCC2.Cl.Cl. The van der Waals surface area contributed by atoms with Crippen molar-refractivity contribution in [3.63, 3.8) is 0 Å². The average molecular weight is 383 g/mol. The second kappa shape index (κ2) is 7.55. The summed E-state index contributed by atoms with van der Waals surface area (Å²) >= 11 is 1.43. The number of halogens is 2. The summed E-state index contributed by atoms with van der Waals surface area (Å²) in [4.78, 5) is 9.74. The van der Waals surface area contributed by atoms with Gasteiger partial charge >= 0.3 is 0 Å². The minimum absolute atomic E-state index is 0. The van der Waals surface area contributed by atoms with Gasteiger partial charge in [-0.15, -0.1) is 24.8 Å². The number of nitrogens with one attached hydrogen (secondary N) is 1. The second-order valence-corrected chi connectivity index (χ2v) is 6.82. The molecule has 4 rings (SSSR count). The molecule has 1 aliphatic heterocycles. The zero-order valence-electron chi connectivity index (χ0n) is 13.3. The first-order chi connectivity index (χ1) is 10.7. The van der Waals surface area contributed by atoms with Crippen LogP contribution >= 0.6 is 36.2 Å². The highest BCUT2D eigenvalue weighted by atomic mass is 35.5. The lowest BCUT2D eigenvalue weighted by Gasteiger charge is -2.14. The number of fused-ring (bicyclic) bond motifs is 2. The van der Waals surface area contributed by atoms with Crippen LogP contribution in [0, 0.1) is 6.92 Å². The van der Waals surface area contributed by atoms with Crippen molar-refractivity contribution < 1.29 is 0 Å². The zero-order chi connectivity index (χ0) is 15.1. The van der Waals surface area contributed by atoms with Crippen molar-refractivity contribution in [2.24, 2.45) is 0 Å². The maximum absolute atomic E-state index is 5.77. The summed E-state index contributed by atoms with van der Waals surface area (Å²) < 4.78 is 0. The summed E-state index contributed by atoms with van der Waals surface area (Å²) in [6, 6.07) is 6.61. The van der Waals surface area contributed by atoms with Crippen LogP contribution in [-0.2, 0) is 6.42 Å². The minimum Gasteiger partial charge on any atom is -0.385 e. The Morgan fingerprint density at radius 3 is 2.79 bits per heavy atom. The summed E-state index contributed by atoms with van der Waals surface area (Å²) in [6.45, 7) is 3.24. The third-order valence-electron chi connectivity index (χ3n) is 4.19. The Hall–Kier alpha value is -1.56. The molecule has 3 aromatic rings. The predicted molar refractivity (Wildman–Crippen MR) is 108 cm³/mol. The van der Waals surface area contributed by atoms with Crippen LogP contribution in [-0.4, -0.2) is 16.5 Å². The molecule has 7 heteroatoms. The summed E-state index contributed by atoms with van der Waals surface area (Å²) in [7, 11) is 0. The maximum Gasteiger partial charge on any atom is 0.182 e. The van der Waals surface area contributed by atoms with Gasteiger partial charge < -0.3 is 11.1 Å². The van der Waals surface area contributed by atoms with Crippen LogP contribution in [0.15, 0.2) is 24.4 Å². The summed E-state index contributed by atoms with van der Waals surface area (Å²) in [6.07, 6.45) is 5.53. The van der Waals surface area contributed by atoms with E-state index in [9.17, 15) is 0 Å². The number of thiazole rings is 1. The molecule has 1 aliphatic rings. The molecule has 24 heavy (non-hydrogen) atoms. The number of aryl methyl sites for hydroxylation is 2. The zero-order valence-corrected chi connectivity index (χ0v) is 15.8. The molecule has 2 aromatic heterocycles. The monoisotopic (exact) mass is 382 g/mol. The molecule has 0 atom stereocenters. The number of hydrogen-bond donors (Lipinski definition) is 2. The van der Waals surface area contributed by atoms with Gasteiger partial charge in [-0.1, -0.05) is 11.3 Å². The van der Waals surface area contributed by atoms with E-state index in [1.165, 1.54) is 46.6 Å². The topological polar surface area (TPSA) is 63.8 Å². The molecule has 0 amide bonds. The number of nitrogens with zero attached hydrogens (tertiary/aromatic N) is 2. The lowest BCUT2D eigenvalue weighted by molar-refractivity contribution is 0.786. The van der Waals surface area contributed by atoms with E-state index in [1.54, 1.807) is 0 Å². The van der Waals surface area contributed by atoms with Crippen LogP contribution in [0.5, 0.6) is 0 Å². The molecule has 4 nitrogen and oxygen atoms in total. The first-order valence-electron chi connectivity index (χ1n) is 7.60. The first-order valence-corrected chi connectivity index (χ1v) is 8.42. The van der Waals surface area contributed by atoms with Gasteiger partial charge in [0.1, 0.15) is 10.3 Å². The Morgan fingerprint density at radius 2 is 1.96 bits per heavy atom. The van der Waals surface area contributed by atoms with Gasteiger partial charge in [-0.25, -0.2) is 9.97 Å². The fourth-order valence-corrected chi connectivity index (χ4v) is 3.79. The van der Waals surface area contributed by atoms with Crippen molar-refractivity contribution in [1.82, 2.24) is 9.97 Å². The smallest absolute Gasteiger partial charge is 0.182 e. The van der Waals surface area contributed by atoms with Crippen LogP contribution in [0.4, 0.5) is 10.8 Å². The first kappa shape index (κ1) is 18.8. The molecular formula is C17H20Cl2N4S. The van der Waals surface area contributed by atoms with Crippen LogP contribution in [0.3, 0.4) is 0 Å². The number of nitrogens with two attached hydrogens (primary N) is 1. The third-order valence-corrected chi connectivity index (χ3v) is 5.00. The Morgan fingerprint density at radius 1 is 1.12 bits per heavy atom. The van der Waals surface area contributed by atoms with Gasteiger partial charge in [0.25, 0.3) is 0 Å². The average Bonchev–Trinajstić information content (AvgIpc) is 2.71. The van der Waals surface area contributed by atoms with Crippen LogP contribution in [0.1, 0.15) is 24.0 Å². The summed E-state index contributed by atoms with van der Waals surface area (Å²) in [5.41, 5.74) is 13.0. The number of pyridine rings is 1. The standard InChI is InChI=1S/C17H18N4S.2ClH/c1-10-6-12(7-11-4-2-3-5-19-15(10)11)13-8-14-16(20-9-13)22-17(18)21-14;;/h6-9,19H,2-5H2,1H3,(H2,18,21);2*1H. The lowest BCUT2D eigenvalue weighted by atomic mass is 9.97. The quantitative estimate of drug-likeness (QED) is 0.631. The van der Waals surface area contributed by atoms with E-state index in [0.29, 0.717) is 5.13 Å². The Labute approximate surface area is 157 Å². The highest BCUT2D eigenvalue weighted by Gasteiger charge is 2.13. The molecule has 0 unspecified atom stereocenters. The van der Waals surface area contributed by atoms with Crippen molar-refractivity contribution in [2.75, 3.05) is 17.6 Å². The Bertz CT molecular complexity index is 863. The molecule has 0 saturated heterocycles. The van der Waals surface area contributed by atoms with Crippen LogP contribution in [0.2, 0.25) is 0 Å². The largest absolute Gasteiger partial charge is 0.385 e. The molecule has 0 bridgehead atoms. The number of rotatable bonds is 1. The Kier molecular flexibility index (Phi) is 5.91. The molecule has 0 aliphatic carbocycles. The van der Waals surface area contributed by atoms with Crippen molar-refractivity contribution in [2.45, 2.75) is 26.2 Å². The van der Waals surface area contributed by atoms with E-state index in [1.807, 2.05) is 6.20 Å². The van der Waals surface area contributed by atoms with E-state index >= 15 is 0 Å².